The van der Waals surface area contributed by atoms with Crippen LogP contribution in [0.3, 0.4) is 0 Å². The second-order valence-corrected chi connectivity index (χ2v) is 4.66. The molecule has 0 bridgehead atoms. The highest BCUT2D eigenvalue weighted by Crippen LogP contribution is 2.14. The molecule has 0 aliphatic carbocycles. The van der Waals surface area contributed by atoms with E-state index in [2.05, 4.69) is 11.9 Å². The molecule has 0 atom stereocenters. The number of rotatable bonds is 3. The Hall–Kier alpha value is -0.940. The molecule has 1 N–H and O–H groups in total. The van der Waals surface area contributed by atoms with Crippen LogP contribution in [-0.4, -0.2) is 40.1 Å². The number of carbonyl (C=O) groups excluding carboxylic acids is 1. The zero-order valence-corrected chi connectivity index (χ0v) is 9.46. The van der Waals surface area contributed by atoms with Gasteiger partial charge in [-0.25, -0.2) is 4.98 Å². The van der Waals surface area contributed by atoms with Gasteiger partial charge in [-0.15, -0.1) is 11.3 Å². The van der Waals surface area contributed by atoms with Gasteiger partial charge in [0.25, 0.3) is 0 Å². The number of hydrogen-bond acceptors (Lipinski definition) is 4. The Bertz CT molecular complexity index is 358. The Morgan fingerprint density at radius 1 is 1.73 bits per heavy atom. The average molecular weight is 226 g/mol. The lowest BCUT2D eigenvalue weighted by molar-refractivity contribution is -0.140. The topological polar surface area (TPSA) is 53.4 Å². The van der Waals surface area contributed by atoms with E-state index >= 15 is 0 Å². The van der Waals surface area contributed by atoms with Crippen LogP contribution in [0.15, 0.2) is 5.38 Å². The average Bonchev–Trinajstić information content (AvgIpc) is 2.60. The van der Waals surface area contributed by atoms with Crippen LogP contribution in [0.5, 0.6) is 0 Å². The fourth-order valence-electron chi connectivity index (χ4n) is 1.52. The highest BCUT2D eigenvalue weighted by atomic mass is 32.1. The molecule has 0 saturated carbocycles. The van der Waals surface area contributed by atoms with Crippen molar-refractivity contribution < 1.29 is 9.90 Å². The van der Waals surface area contributed by atoms with Gasteiger partial charge in [0, 0.05) is 18.5 Å². The number of aryl methyl sites for hydroxylation is 1. The molecule has 0 aromatic carbocycles. The Labute approximate surface area is 92.6 Å². The molecule has 0 radical (unpaired) electrons. The molecule has 82 valence electrons. The Balaban J connectivity index is 1.88. The van der Waals surface area contributed by atoms with E-state index in [0.29, 0.717) is 19.5 Å². The van der Waals surface area contributed by atoms with Crippen molar-refractivity contribution in [2.45, 2.75) is 25.9 Å². The van der Waals surface area contributed by atoms with Gasteiger partial charge in [0.2, 0.25) is 5.91 Å². The molecule has 1 aliphatic rings. The van der Waals surface area contributed by atoms with Gasteiger partial charge in [-0.2, -0.15) is 0 Å². The highest BCUT2D eigenvalue weighted by Gasteiger charge is 2.28. The summed E-state index contributed by atoms with van der Waals surface area (Å²) >= 11 is 1.60. The molecule has 1 aromatic rings. The number of hydrogen-bond donors (Lipinski definition) is 1. The second-order valence-electron chi connectivity index (χ2n) is 3.72. The minimum atomic E-state index is -0.324. The first-order chi connectivity index (χ1) is 7.19. The maximum atomic E-state index is 11.6. The van der Waals surface area contributed by atoms with Crippen LogP contribution < -0.4 is 0 Å². The number of thiazole rings is 1. The molecular weight excluding hydrogens is 212 g/mol. The maximum absolute atomic E-state index is 11.6. The number of aromatic nitrogens is 1. The van der Waals surface area contributed by atoms with Crippen molar-refractivity contribution in [2.75, 3.05) is 13.1 Å². The highest BCUT2D eigenvalue weighted by molar-refractivity contribution is 7.09. The quantitative estimate of drug-likeness (QED) is 0.814. The van der Waals surface area contributed by atoms with Gasteiger partial charge in [0.05, 0.1) is 23.2 Å². The third-order valence-corrected chi connectivity index (χ3v) is 3.49. The Morgan fingerprint density at radius 2 is 2.47 bits per heavy atom. The number of aliphatic hydroxyl groups excluding tert-OH is 1. The molecule has 4 nitrogen and oxygen atoms in total. The second kappa shape index (κ2) is 4.28. The lowest BCUT2D eigenvalue weighted by Gasteiger charge is -2.35. The predicted molar refractivity (Wildman–Crippen MR) is 57.8 cm³/mol. The van der Waals surface area contributed by atoms with Crippen molar-refractivity contribution in [1.82, 2.24) is 9.88 Å². The van der Waals surface area contributed by atoms with Crippen LogP contribution in [0, 0.1) is 0 Å². The molecule has 1 amide bonds. The van der Waals surface area contributed by atoms with Crippen molar-refractivity contribution in [2.24, 2.45) is 0 Å². The van der Waals surface area contributed by atoms with Gasteiger partial charge in [-0.3, -0.25) is 4.79 Å². The van der Waals surface area contributed by atoms with Crippen LogP contribution in [0.4, 0.5) is 0 Å². The van der Waals surface area contributed by atoms with Gasteiger partial charge in [0.1, 0.15) is 0 Å². The molecular formula is C10H14N2O2S. The van der Waals surface area contributed by atoms with Crippen LogP contribution >= 0.6 is 11.3 Å². The fourth-order valence-corrected chi connectivity index (χ4v) is 2.26. The summed E-state index contributed by atoms with van der Waals surface area (Å²) in [6.45, 7) is 3.00. The minimum absolute atomic E-state index is 0.0632. The molecule has 0 spiro atoms. The number of likely N-dealkylation sites (tertiary alicyclic amines) is 1. The molecule has 1 saturated heterocycles. The zero-order valence-electron chi connectivity index (χ0n) is 8.64. The maximum Gasteiger partial charge on any atom is 0.228 e. The van der Waals surface area contributed by atoms with Crippen molar-refractivity contribution >= 4 is 17.2 Å². The van der Waals surface area contributed by atoms with Crippen LogP contribution in [0.2, 0.25) is 0 Å². The summed E-state index contributed by atoms with van der Waals surface area (Å²) in [5.41, 5.74) is 0.850. The van der Waals surface area contributed by atoms with Crippen molar-refractivity contribution in [1.29, 1.82) is 0 Å². The minimum Gasteiger partial charge on any atom is -0.389 e. The smallest absolute Gasteiger partial charge is 0.228 e. The first-order valence-electron chi connectivity index (χ1n) is 5.08. The third-order valence-electron chi connectivity index (χ3n) is 2.45. The van der Waals surface area contributed by atoms with E-state index in [9.17, 15) is 4.79 Å². The molecule has 15 heavy (non-hydrogen) atoms. The van der Waals surface area contributed by atoms with E-state index in [0.717, 1.165) is 17.1 Å². The van der Waals surface area contributed by atoms with E-state index in [1.807, 2.05) is 5.38 Å². The number of amides is 1. The lowest BCUT2D eigenvalue weighted by atomic mass is 10.1. The molecule has 2 rings (SSSR count). The summed E-state index contributed by atoms with van der Waals surface area (Å²) in [6.07, 6.45) is 0.959. The van der Waals surface area contributed by atoms with E-state index in [-0.39, 0.29) is 12.0 Å². The number of nitrogens with zero attached hydrogens (tertiary/aromatic N) is 2. The lowest BCUT2D eigenvalue weighted by Crippen LogP contribution is -2.53. The van der Waals surface area contributed by atoms with Crippen LogP contribution in [0.25, 0.3) is 0 Å². The van der Waals surface area contributed by atoms with Crippen molar-refractivity contribution in [3.63, 3.8) is 0 Å². The molecule has 5 heteroatoms. The third kappa shape index (κ3) is 2.35. The normalized spacial score (nSPS) is 16.5. The Morgan fingerprint density at radius 3 is 3.00 bits per heavy atom. The standard InChI is InChI=1S/C10H14N2O2S/c1-2-9-11-7(6-15-9)3-10(14)12-4-8(13)5-12/h6,8,13H,2-5H2,1H3. The summed E-state index contributed by atoms with van der Waals surface area (Å²) in [6, 6.07) is 0. The first kappa shape index (κ1) is 10.6. The zero-order chi connectivity index (χ0) is 10.8. The molecule has 0 unspecified atom stereocenters. The molecule has 1 aliphatic heterocycles. The summed E-state index contributed by atoms with van der Waals surface area (Å²) in [7, 11) is 0. The van der Waals surface area contributed by atoms with Gasteiger partial charge >= 0.3 is 0 Å². The van der Waals surface area contributed by atoms with Crippen LogP contribution in [0.1, 0.15) is 17.6 Å². The van der Waals surface area contributed by atoms with E-state index in [4.69, 9.17) is 5.11 Å². The van der Waals surface area contributed by atoms with Gasteiger partial charge < -0.3 is 10.0 Å². The number of aliphatic hydroxyl groups is 1. The van der Waals surface area contributed by atoms with Gasteiger partial charge in [-0.1, -0.05) is 6.92 Å². The Kier molecular flexibility index (Phi) is 3.02. The van der Waals surface area contributed by atoms with Crippen molar-refractivity contribution in [3.8, 4) is 0 Å². The largest absolute Gasteiger partial charge is 0.389 e. The van der Waals surface area contributed by atoms with Gasteiger partial charge in [-0.05, 0) is 6.42 Å². The molecule has 1 aromatic heterocycles. The molecule has 1 fully saturated rings. The number of β-amino-alcohol motifs (C(OH)–C–C–N with tert-alkyl or cyclic N) is 1. The summed E-state index contributed by atoms with van der Waals surface area (Å²) in [5.74, 6) is 0.0632. The monoisotopic (exact) mass is 226 g/mol. The van der Waals surface area contributed by atoms with E-state index < -0.39 is 0 Å². The SMILES string of the molecule is CCc1nc(CC(=O)N2CC(O)C2)cs1. The summed E-state index contributed by atoms with van der Waals surface area (Å²) in [5, 5.41) is 12.1. The van der Waals surface area contributed by atoms with E-state index in [1.54, 1.807) is 16.2 Å². The molecule has 2 heterocycles. The van der Waals surface area contributed by atoms with Crippen molar-refractivity contribution in [3.05, 3.63) is 16.1 Å². The van der Waals surface area contributed by atoms with Crippen LogP contribution in [-0.2, 0) is 17.6 Å². The summed E-state index contributed by atoms with van der Waals surface area (Å²) in [4.78, 5) is 17.6. The number of carbonyl (C=O) groups is 1. The summed E-state index contributed by atoms with van der Waals surface area (Å²) < 4.78 is 0. The van der Waals surface area contributed by atoms with E-state index in [1.165, 1.54) is 0 Å². The van der Waals surface area contributed by atoms with Gasteiger partial charge in [0.15, 0.2) is 0 Å². The first-order valence-corrected chi connectivity index (χ1v) is 5.96. The predicted octanol–water partition coefficient (Wildman–Crippen LogP) is 0.451. The fraction of sp³-hybridized carbons (Fsp3) is 0.600.